The van der Waals surface area contributed by atoms with Crippen LogP contribution in [-0.2, 0) is 6.54 Å². The van der Waals surface area contributed by atoms with E-state index in [1.807, 2.05) is 29.6 Å². The molecule has 0 unspecified atom stereocenters. The highest BCUT2D eigenvalue weighted by Crippen LogP contribution is 2.35. The lowest BCUT2D eigenvalue weighted by Crippen LogP contribution is -2.24. The summed E-state index contributed by atoms with van der Waals surface area (Å²) in [6.07, 6.45) is 3.60. The van der Waals surface area contributed by atoms with Gasteiger partial charge in [0.1, 0.15) is 11.6 Å². The van der Waals surface area contributed by atoms with Gasteiger partial charge >= 0.3 is 0 Å². The summed E-state index contributed by atoms with van der Waals surface area (Å²) in [4.78, 5) is 1.98. The molecular weight excluding hydrogens is 300 g/mol. The molecule has 0 bridgehead atoms. The van der Waals surface area contributed by atoms with Crippen molar-refractivity contribution in [2.75, 3.05) is 6.54 Å². The first-order valence-corrected chi connectivity index (χ1v) is 7.84. The number of aliphatic hydroxyl groups excluding tert-OH is 1. The Morgan fingerprint density at radius 2 is 2.13 bits per heavy atom. The lowest BCUT2D eigenvalue weighted by atomic mass is 10.0. The Morgan fingerprint density at radius 3 is 2.83 bits per heavy atom. The normalized spacial score (nSPS) is 22.2. The topological polar surface area (TPSA) is 41.3 Å². The van der Waals surface area contributed by atoms with Gasteiger partial charge in [-0.05, 0) is 38.5 Å². The summed E-state index contributed by atoms with van der Waals surface area (Å²) in [7, 11) is 0. The molecule has 124 valence electrons. The van der Waals surface area contributed by atoms with Crippen LogP contribution in [0.2, 0.25) is 0 Å². The lowest BCUT2D eigenvalue weighted by Gasteiger charge is -2.24. The number of β-amino-alcohol motifs (C(OH)–C–C–N with tert-alkyl or cyclic N) is 1. The Labute approximate surface area is 134 Å². The van der Waals surface area contributed by atoms with Gasteiger partial charge in [0.15, 0.2) is 0 Å². The molecule has 1 saturated heterocycles. The van der Waals surface area contributed by atoms with E-state index in [4.69, 9.17) is 0 Å². The van der Waals surface area contributed by atoms with E-state index >= 15 is 0 Å². The van der Waals surface area contributed by atoms with Crippen LogP contribution in [0.3, 0.4) is 0 Å². The minimum atomic E-state index is -0.539. The van der Waals surface area contributed by atoms with Gasteiger partial charge in [-0.1, -0.05) is 0 Å². The monoisotopic (exact) mass is 321 g/mol. The summed E-state index contributed by atoms with van der Waals surface area (Å²) < 4.78 is 29.4. The zero-order valence-corrected chi connectivity index (χ0v) is 13.3. The average Bonchev–Trinajstić information content (AvgIpc) is 3.09. The second-order valence-electron chi connectivity index (χ2n) is 6.42. The quantitative estimate of drug-likeness (QED) is 0.941. The van der Waals surface area contributed by atoms with Crippen molar-refractivity contribution in [3.05, 3.63) is 53.4 Å². The van der Waals surface area contributed by atoms with Crippen molar-refractivity contribution in [3.63, 3.8) is 0 Å². The van der Waals surface area contributed by atoms with Crippen LogP contribution in [0, 0.1) is 11.6 Å². The molecule has 6 heteroatoms. The number of aromatic nitrogens is 2. The van der Waals surface area contributed by atoms with Gasteiger partial charge in [0.25, 0.3) is 0 Å². The van der Waals surface area contributed by atoms with E-state index in [1.165, 1.54) is 6.07 Å². The van der Waals surface area contributed by atoms with Crippen molar-refractivity contribution in [2.24, 2.45) is 0 Å². The molecule has 1 aliphatic heterocycles. The van der Waals surface area contributed by atoms with E-state index in [0.29, 0.717) is 25.1 Å². The van der Waals surface area contributed by atoms with Crippen LogP contribution < -0.4 is 0 Å². The number of likely N-dealkylation sites (tertiary alicyclic amines) is 1. The molecule has 0 amide bonds. The number of benzene rings is 1. The second kappa shape index (κ2) is 6.37. The van der Waals surface area contributed by atoms with Crippen LogP contribution in [0.5, 0.6) is 0 Å². The third-order valence-electron chi connectivity index (χ3n) is 4.27. The van der Waals surface area contributed by atoms with Crippen LogP contribution in [-0.4, -0.2) is 32.4 Å². The van der Waals surface area contributed by atoms with Gasteiger partial charge in [0, 0.05) is 42.5 Å². The average molecular weight is 321 g/mol. The molecule has 0 spiro atoms. The number of nitrogens with zero attached hydrogens (tertiary/aromatic N) is 3. The van der Waals surface area contributed by atoms with Crippen molar-refractivity contribution in [1.82, 2.24) is 14.7 Å². The lowest BCUT2D eigenvalue weighted by molar-refractivity contribution is 0.172. The minimum absolute atomic E-state index is 0.268. The molecule has 2 heterocycles. The number of hydrogen-bond acceptors (Lipinski definition) is 3. The predicted molar refractivity (Wildman–Crippen MR) is 82.7 cm³/mol. The number of rotatable bonds is 4. The van der Waals surface area contributed by atoms with Crippen LogP contribution in [0.25, 0.3) is 0 Å². The maximum atomic E-state index is 14.1. The summed E-state index contributed by atoms with van der Waals surface area (Å²) in [6.45, 7) is 5.07. The van der Waals surface area contributed by atoms with Gasteiger partial charge in [0.05, 0.1) is 12.3 Å². The molecule has 1 N–H and O–H groups in total. The SMILES string of the molecule is CC(C)n1cc(CN2C[C@H](O)C[C@@H]2c2cc(F)ccc2F)cn1. The Morgan fingerprint density at radius 1 is 1.35 bits per heavy atom. The molecule has 1 fully saturated rings. The van der Waals surface area contributed by atoms with Gasteiger partial charge in [-0.2, -0.15) is 5.10 Å². The molecule has 2 aromatic rings. The Balaban J connectivity index is 1.83. The highest BCUT2D eigenvalue weighted by atomic mass is 19.1. The number of halogens is 2. The van der Waals surface area contributed by atoms with Crippen LogP contribution in [0.1, 0.15) is 43.5 Å². The standard InChI is InChI=1S/C17H21F2N3O/c1-11(2)22-9-12(7-20-22)8-21-10-14(23)6-17(21)15-5-13(18)3-4-16(15)19/h3-5,7,9,11,14,17,23H,6,8,10H2,1-2H3/t14-,17-/m1/s1. The van der Waals surface area contributed by atoms with E-state index in [1.54, 1.807) is 6.20 Å². The summed E-state index contributed by atoms with van der Waals surface area (Å²) >= 11 is 0. The van der Waals surface area contributed by atoms with Crippen LogP contribution in [0.15, 0.2) is 30.6 Å². The first-order chi connectivity index (χ1) is 10.9. The maximum Gasteiger partial charge on any atom is 0.128 e. The molecule has 1 aromatic heterocycles. The molecular formula is C17H21F2N3O. The fourth-order valence-electron chi connectivity index (χ4n) is 3.12. The zero-order chi connectivity index (χ0) is 16.6. The highest BCUT2D eigenvalue weighted by molar-refractivity contribution is 5.24. The van der Waals surface area contributed by atoms with Gasteiger partial charge in [-0.3, -0.25) is 9.58 Å². The van der Waals surface area contributed by atoms with E-state index in [9.17, 15) is 13.9 Å². The van der Waals surface area contributed by atoms with Gasteiger partial charge in [-0.25, -0.2) is 8.78 Å². The molecule has 4 nitrogen and oxygen atoms in total. The summed E-state index contributed by atoms with van der Waals surface area (Å²) in [5, 5.41) is 14.3. The van der Waals surface area contributed by atoms with Crippen molar-refractivity contribution >= 4 is 0 Å². The first-order valence-electron chi connectivity index (χ1n) is 7.84. The molecule has 23 heavy (non-hydrogen) atoms. The van der Waals surface area contributed by atoms with Gasteiger partial charge in [0.2, 0.25) is 0 Å². The molecule has 3 rings (SSSR count). The van der Waals surface area contributed by atoms with Crippen molar-refractivity contribution < 1.29 is 13.9 Å². The van der Waals surface area contributed by atoms with E-state index < -0.39 is 17.7 Å². The zero-order valence-electron chi connectivity index (χ0n) is 13.3. The molecule has 2 atom stereocenters. The fraction of sp³-hybridized carbons (Fsp3) is 0.471. The third kappa shape index (κ3) is 3.43. The minimum Gasteiger partial charge on any atom is -0.392 e. The summed E-state index contributed by atoms with van der Waals surface area (Å²) in [6, 6.07) is 3.42. The molecule has 0 radical (unpaired) electrons. The van der Waals surface area contributed by atoms with Crippen molar-refractivity contribution in [2.45, 2.75) is 45.0 Å². The maximum absolute atomic E-state index is 14.1. The largest absolute Gasteiger partial charge is 0.392 e. The van der Waals surface area contributed by atoms with E-state index in [-0.39, 0.29) is 12.1 Å². The third-order valence-corrected chi connectivity index (χ3v) is 4.27. The first kappa shape index (κ1) is 16.1. The highest BCUT2D eigenvalue weighted by Gasteiger charge is 2.34. The summed E-state index contributed by atoms with van der Waals surface area (Å²) in [5.41, 5.74) is 1.30. The molecule has 1 aliphatic rings. The predicted octanol–water partition coefficient (Wildman–Crippen LogP) is 3.05. The second-order valence-corrected chi connectivity index (χ2v) is 6.42. The van der Waals surface area contributed by atoms with E-state index in [2.05, 4.69) is 5.10 Å². The molecule has 0 saturated carbocycles. The van der Waals surface area contributed by atoms with Gasteiger partial charge in [-0.15, -0.1) is 0 Å². The number of aliphatic hydroxyl groups is 1. The number of hydrogen-bond donors (Lipinski definition) is 1. The molecule has 1 aromatic carbocycles. The van der Waals surface area contributed by atoms with E-state index in [0.717, 1.165) is 17.7 Å². The summed E-state index contributed by atoms with van der Waals surface area (Å²) in [5.74, 6) is -0.899. The van der Waals surface area contributed by atoms with Crippen LogP contribution in [0.4, 0.5) is 8.78 Å². The fourth-order valence-corrected chi connectivity index (χ4v) is 3.12. The van der Waals surface area contributed by atoms with Crippen LogP contribution >= 0.6 is 0 Å². The van der Waals surface area contributed by atoms with Crippen molar-refractivity contribution in [3.8, 4) is 0 Å². The van der Waals surface area contributed by atoms with Crippen molar-refractivity contribution in [1.29, 1.82) is 0 Å². The Bertz CT molecular complexity index is 686. The Hall–Kier alpha value is -1.79. The Kier molecular flexibility index (Phi) is 4.46. The van der Waals surface area contributed by atoms with Gasteiger partial charge < -0.3 is 5.11 Å². The molecule has 0 aliphatic carbocycles. The smallest absolute Gasteiger partial charge is 0.128 e.